The minimum atomic E-state index is -4.50. The SMILES string of the molecule is Cc1cc(F)c([N+](=O)[O-])cc1OC1=CC(F)(F)C1(F)F. The van der Waals surface area contributed by atoms with E-state index in [-0.39, 0.29) is 11.6 Å². The van der Waals surface area contributed by atoms with Crippen molar-refractivity contribution in [1.29, 1.82) is 0 Å². The second kappa shape index (κ2) is 4.15. The van der Waals surface area contributed by atoms with Gasteiger partial charge < -0.3 is 4.74 Å². The second-order valence-corrected chi connectivity index (χ2v) is 4.13. The predicted molar refractivity (Wildman–Crippen MR) is 56.4 cm³/mol. The van der Waals surface area contributed by atoms with Crippen molar-refractivity contribution >= 4 is 5.69 Å². The van der Waals surface area contributed by atoms with Crippen LogP contribution in [0, 0.1) is 22.9 Å². The fourth-order valence-corrected chi connectivity index (χ4v) is 1.54. The molecule has 1 aliphatic rings. The summed E-state index contributed by atoms with van der Waals surface area (Å²) in [5, 5.41) is 10.5. The van der Waals surface area contributed by atoms with Crippen molar-refractivity contribution in [2.45, 2.75) is 18.8 Å². The summed E-state index contributed by atoms with van der Waals surface area (Å²) in [5.74, 6) is -11.8. The van der Waals surface area contributed by atoms with Crippen molar-refractivity contribution in [3.8, 4) is 5.75 Å². The fourth-order valence-electron chi connectivity index (χ4n) is 1.54. The van der Waals surface area contributed by atoms with E-state index in [1.807, 2.05) is 0 Å². The summed E-state index contributed by atoms with van der Waals surface area (Å²) in [6, 6.07) is 1.26. The Morgan fingerprint density at radius 1 is 1.25 bits per heavy atom. The van der Waals surface area contributed by atoms with Crippen LogP contribution in [0.4, 0.5) is 27.6 Å². The van der Waals surface area contributed by atoms with Crippen molar-refractivity contribution in [2.24, 2.45) is 0 Å². The minimum Gasteiger partial charge on any atom is -0.455 e. The summed E-state index contributed by atoms with van der Waals surface area (Å²) in [6.07, 6.45) is -0.0956. The highest BCUT2D eigenvalue weighted by Crippen LogP contribution is 2.50. The van der Waals surface area contributed by atoms with Crippen LogP contribution in [0.1, 0.15) is 5.56 Å². The van der Waals surface area contributed by atoms with E-state index in [4.69, 9.17) is 0 Å². The normalized spacial score (nSPS) is 19.0. The molecule has 2 rings (SSSR count). The highest BCUT2D eigenvalue weighted by atomic mass is 19.3. The maximum Gasteiger partial charge on any atom is 0.370 e. The highest BCUT2D eigenvalue weighted by Gasteiger charge is 2.67. The zero-order valence-corrected chi connectivity index (χ0v) is 9.79. The molecule has 0 aliphatic heterocycles. The first kappa shape index (κ1) is 14.2. The number of hydrogen-bond donors (Lipinski definition) is 0. The van der Waals surface area contributed by atoms with Crippen LogP contribution in [0.15, 0.2) is 24.0 Å². The molecule has 1 aromatic carbocycles. The zero-order valence-electron chi connectivity index (χ0n) is 9.79. The Bertz CT molecular complexity index is 627. The van der Waals surface area contributed by atoms with Gasteiger partial charge in [0, 0.05) is 6.08 Å². The standard InChI is InChI=1S/C11H6F5NO3/c1-5-2-6(12)7(17(18)19)3-8(5)20-9-4-10(13,14)11(9,15)16/h2-4H,1H3. The van der Waals surface area contributed by atoms with Crippen molar-refractivity contribution in [3.05, 3.63) is 45.5 Å². The molecule has 0 heterocycles. The third kappa shape index (κ3) is 1.98. The fraction of sp³-hybridized carbons (Fsp3) is 0.273. The van der Waals surface area contributed by atoms with Gasteiger partial charge in [0.15, 0.2) is 5.76 Å². The van der Waals surface area contributed by atoms with Gasteiger partial charge in [-0.15, -0.1) is 0 Å². The van der Waals surface area contributed by atoms with Gasteiger partial charge in [0.1, 0.15) is 5.75 Å². The van der Waals surface area contributed by atoms with E-state index in [9.17, 15) is 32.1 Å². The van der Waals surface area contributed by atoms with Crippen LogP contribution < -0.4 is 4.74 Å². The molecule has 4 nitrogen and oxygen atoms in total. The largest absolute Gasteiger partial charge is 0.455 e. The maximum absolute atomic E-state index is 13.2. The van der Waals surface area contributed by atoms with Crippen LogP contribution in [0.5, 0.6) is 5.75 Å². The van der Waals surface area contributed by atoms with Crippen LogP contribution in [0.3, 0.4) is 0 Å². The van der Waals surface area contributed by atoms with Gasteiger partial charge in [-0.1, -0.05) is 0 Å². The summed E-state index contributed by atoms with van der Waals surface area (Å²) in [5.41, 5.74) is -1.04. The lowest BCUT2D eigenvalue weighted by atomic mass is 9.97. The first-order chi connectivity index (χ1) is 9.06. The number of allylic oxidation sites excluding steroid dienone is 2. The van der Waals surface area contributed by atoms with Crippen molar-refractivity contribution in [3.63, 3.8) is 0 Å². The van der Waals surface area contributed by atoms with Crippen LogP contribution in [0.2, 0.25) is 0 Å². The third-order valence-electron chi connectivity index (χ3n) is 2.70. The molecule has 1 aliphatic carbocycles. The Morgan fingerprint density at radius 2 is 1.85 bits per heavy atom. The highest BCUT2D eigenvalue weighted by molar-refractivity contribution is 5.47. The molecule has 0 spiro atoms. The van der Waals surface area contributed by atoms with E-state index in [0.29, 0.717) is 12.1 Å². The molecule has 0 fully saturated rings. The van der Waals surface area contributed by atoms with Gasteiger partial charge in [0.25, 0.3) is 0 Å². The first-order valence-corrected chi connectivity index (χ1v) is 5.17. The van der Waals surface area contributed by atoms with E-state index < -0.39 is 39.8 Å². The molecular weight excluding hydrogens is 289 g/mol. The molecule has 108 valence electrons. The molecule has 0 atom stereocenters. The Morgan fingerprint density at radius 3 is 2.30 bits per heavy atom. The molecule has 0 N–H and O–H groups in total. The lowest BCUT2D eigenvalue weighted by Crippen LogP contribution is -2.50. The summed E-state index contributed by atoms with van der Waals surface area (Å²) in [4.78, 5) is 9.43. The number of alkyl halides is 4. The van der Waals surface area contributed by atoms with E-state index in [2.05, 4.69) is 4.74 Å². The Kier molecular flexibility index (Phi) is 2.95. The smallest absolute Gasteiger partial charge is 0.370 e. The van der Waals surface area contributed by atoms with Crippen LogP contribution in [-0.2, 0) is 0 Å². The minimum absolute atomic E-state index is 0.0417. The number of nitro groups is 1. The van der Waals surface area contributed by atoms with E-state index >= 15 is 0 Å². The number of halogens is 5. The van der Waals surface area contributed by atoms with Crippen molar-refractivity contribution < 1.29 is 31.6 Å². The summed E-state index contributed by atoms with van der Waals surface area (Å²) < 4.78 is 68.9. The second-order valence-electron chi connectivity index (χ2n) is 4.13. The monoisotopic (exact) mass is 295 g/mol. The molecule has 20 heavy (non-hydrogen) atoms. The maximum atomic E-state index is 13.2. The number of benzene rings is 1. The average Bonchev–Trinajstić information content (AvgIpc) is 2.30. The van der Waals surface area contributed by atoms with E-state index in [0.717, 1.165) is 0 Å². The van der Waals surface area contributed by atoms with E-state index in [1.54, 1.807) is 0 Å². The first-order valence-electron chi connectivity index (χ1n) is 5.17. The molecule has 0 radical (unpaired) electrons. The Hall–Kier alpha value is -2.19. The summed E-state index contributed by atoms with van der Waals surface area (Å²) in [7, 11) is 0. The molecule has 1 aromatic rings. The number of aryl methyl sites for hydroxylation is 1. The topological polar surface area (TPSA) is 52.4 Å². The van der Waals surface area contributed by atoms with Crippen LogP contribution in [-0.4, -0.2) is 16.8 Å². The van der Waals surface area contributed by atoms with Crippen LogP contribution >= 0.6 is 0 Å². The number of rotatable bonds is 3. The van der Waals surface area contributed by atoms with Gasteiger partial charge in [-0.2, -0.15) is 22.0 Å². The van der Waals surface area contributed by atoms with Crippen molar-refractivity contribution in [1.82, 2.24) is 0 Å². The van der Waals surface area contributed by atoms with Gasteiger partial charge in [-0.25, -0.2) is 0 Å². The molecule has 0 saturated carbocycles. The third-order valence-corrected chi connectivity index (χ3v) is 2.70. The average molecular weight is 295 g/mol. The van der Waals surface area contributed by atoms with Crippen molar-refractivity contribution in [2.75, 3.05) is 0 Å². The number of nitrogens with zero attached hydrogens (tertiary/aromatic N) is 1. The summed E-state index contributed by atoms with van der Waals surface area (Å²) in [6.45, 7) is 1.23. The molecule has 9 heteroatoms. The van der Waals surface area contributed by atoms with Gasteiger partial charge >= 0.3 is 17.5 Å². The molecule has 0 saturated heterocycles. The molecule has 0 bridgehead atoms. The lowest BCUT2D eigenvalue weighted by Gasteiger charge is -2.34. The molecular formula is C11H6F5NO3. The quantitative estimate of drug-likeness (QED) is 0.486. The van der Waals surface area contributed by atoms with E-state index in [1.165, 1.54) is 6.92 Å². The lowest BCUT2D eigenvalue weighted by molar-refractivity contribution is -0.387. The molecule has 0 unspecified atom stereocenters. The number of hydrogen-bond acceptors (Lipinski definition) is 3. The Labute approximate surface area is 108 Å². The van der Waals surface area contributed by atoms with Crippen LogP contribution in [0.25, 0.3) is 0 Å². The molecule has 0 aromatic heterocycles. The van der Waals surface area contributed by atoms with Gasteiger partial charge in [-0.3, -0.25) is 10.1 Å². The molecule has 0 amide bonds. The zero-order chi connectivity index (χ0) is 15.3. The number of nitro benzene ring substituents is 1. The van der Waals surface area contributed by atoms with Gasteiger partial charge in [0.05, 0.1) is 11.0 Å². The van der Waals surface area contributed by atoms with Gasteiger partial charge in [0.2, 0.25) is 5.82 Å². The van der Waals surface area contributed by atoms with Gasteiger partial charge in [-0.05, 0) is 18.6 Å². The predicted octanol–water partition coefficient (Wildman–Crippen LogP) is 3.59. The Balaban J connectivity index is 2.37. The number of ether oxygens (including phenoxy) is 1. The summed E-state index contributed by atoms with van der Waals surface area (Å²) >= 11 is 0.